The van der Waals surface area contributed by atoms with Gasteiger partial charge in [-0.3, -0.25) is 9.89 Å². The summed E-state index contributed by atoms with van der Waals surface area (Å²) in [5, 5.41) is 9.91. The smallest absolute Gasteiger partial charge is 0.231 e. The summed E-state index contributed by atoms with van der Waals surface area (Å²) in [6, 6.07) is 17.3. The van der Waals surface area contributed by atoms with Gasteiger partial charge < -0.3 is 5.32 Å². The summed E-state index contributed by atoms with van der Waals surface area (Å²) in [7, 11) is 0. The zero-order valence-corrected chi connectivity index (χ0v) is 13.1. The van der Waals surface area contributed by atoms with Crippen LogP contribution in [0.2, 0.25) is 0 Å². The summed E-state index contributed by atoms with van der Waals surface area (Å²) >= 11 is 0. The van der Waals surface area contributed by atoms with Crippen molar-refractivity contribution < 1.29 is 4.79 Å². The Morgan fingerprint density at radius 1 is 1.13 bits per heavy atom. The highest BCUT2D eigenvalue weighted by atomic mass is 16.1. The van der Waals surface area contributed by atoms with Gasteiger partial charge in [0.25, 0.3) is 0 Å². The number of H-pyrrole nitrogens is 1. The fourth-order valence-electron chi connectivity index (χ4n) is 2.35. The second-order valence-electron chi connectivity index (χ2n) is 5.45. The highest BCUT2D eigenvalue weighted by Crippen LogP contribution is 2.21. The van der Waals surface area contributed by atoms with E-state index in [2.05, 4.69) is 20.5 Å². The molecule has 2 aromatic carbocycles. The molecule has 0 spiro atoms. The Morgan fingerprint density at radius 2 is 1.91 bits per heavy atom. The van der Waals surface area contributed by atoms with Crippen molar-refractivity contribution in [1.82, 2.24) is 15.2 Å². The minimum Gasteiger partial charge on any atom is -0.326 e. The molecule has 23 heavy (non-hydrogen) atoms. The molecule has 0 bridgehead atoms. The molecule has 0 fully saturated rings. The molecule has 0 aliphatic heterocycles. The van der Waals surface area contributed by atoms with Crippen LogP contribution in [0.3, 0.4) is 0 Å². The molecule has 5 heteroatoms. The third-order valence-corrected chi connectivity index (χ3v) is 3.68. The second kappa shape index (κ2) is 6.44. The molecule has 1 amide bonds. The third-order valence-electron chi connectivity index (χ3n) is 3.68. The lowest BCUT2D eigenvalue weighted by atomic mass is 10.0. The van der Waals surface area contributed by atoms with E-state index in [9.17, 15) is 4.79 Å². The topological polar surface area (TPSA) is 70.7 Å². The summed E-state index contributed by atoms with van der Waals surface area (Å²) in [5.41, 5.74) is 2.59. The number of carbonyl (C=O) groups excluding carboxylic acids is 1. The SMILES string of the molecule is Cc1nc(-c2cccc(NC(=O)[C@H](C)c3ccccc3)c2)n[nH]1. The summed E-state index contributed by atoms with van der Waals surface area (Å²) in [6.45, 7) is 3.75. The number of aromatic nitrogens is 3. The van der Waals surface area contributed by atoms with Gasteiger partial charge in [0.1, 0.15) is 5.82 Å². The lowest BCUT2D eigenvalue weighted by molar-refractivity contribution is -0.117. The first-order valence-electron chi connectivity index (χ1n) is 7.49. The predicted molar refractivity (Wildman–Crippen MR) is 90.0 cm³/mol. The molecule has 0 saturated carbocycles. The van der Waals surface area contributed by atoms with Gasteiger partial charge in [0.2, 0.25) is 5.91 Å². The van der Waals surface area contributed by atoms with Gasteiger partial charge in [0.05, 0.1) is 5.92 Å². The quantitative estimate of drug-likeness (QED) is 0.774. The molecule has 1 heterocycles. The first kappa shape index (κ1) is 15.0. The van der Waals surface area contributed by atoms with Crippen LogP contribution < -0.4 is 5.32 Å². The van der Waals surface area contributed by atoms with Crippen LogP contribution in [0.5, 0.6) is 0 Å². The predicted octanol–water partition coefficient (Wildman–Crippen LogP) is 3.52. The van der Waals surface area contributed by atoms with Gasteiger partial charge in [-0.1, -0.05) is 42.5 Å². The minimum atomic E-state index is -0.217. The van der Waals surface area contributed by atoms with Crippen LogP contribution in [0.1, 0.15) is 24.2 Å². The fraction of sp³-hybridized carbons (Fsp3) is 0.167. The third kappa shape index (κ3) is 3.45. The molecule has 0 aliphatic rings. The van der Waals surface area contributed by atoms with E-state index in [4.69, 9.17) is 0 Å². The Balaban J connectivity index is 1.76. The van der Waals surface area contributed by atoms with Gasteiger partial charge in [-0.2, -0.15) is 5.10 Å². The number of carbonyl (C=O) groups is 1. The summed E-state index contributed by atoms with van der Waals surface area (Å²) < 4.78 is 0. The van der Waals surface area contributed by atoms with Crippen molar-refractivity contribution in [3.63, 3.8) is 0 Å². The monoisotopic (exact) mass is 306 g/mol. The molecular weight excluding hydrogens is 288 g/mol. The number of aromatic amines is 1. The lowest BCUT2D eigenvalue weighted by Crippen LogP contribution is -2.18. The van der Waals surface area contributed by atoms with Crippen molar-refractivity contribution in [2.45, 2.75) is 19.8 Å². The van der Waals surface area contributed by atoms with Crippen LogP contribution in [-0.2, 0) is 4.79 Å². The highest BCUT2D eigenvalue weighted by molar-refractivity contribution is 5.96. The van der Waals surface area contributed by atoms with E-state index in [1.807, 2.05) is 68.4 Å². The van der Waals surface area contributed by atoms with Crippen LogP contribution in [0.25, 0.3) is 11.4 Å². The van der Waals surface area contributed by atoms with E-state index >= 15 is 0 Å². The number of hydrogen-bond acceptors (Lipinski definition) is 3. The Kier molecular flexibility index (Phi) is 4.19. The summed E-state index contributed by atoms with van der Waals surface area (Å²) in [5.74, 6) is 1.12. The van der Waals surface area contributed by atoms with Gasteiger partial charge in [-0.05, 0) is 31.5 Å². The first-order valence-corrected chi connectivity index (χ1v) is 7.49. The molecule has 3 aromatic rings. The molecule has 0 saturated heterocycles. The molecule has 0 radical (unpaired) electrons. The van der Waals surface area contributed by atoms with Crippen LogP contribution >= 0.6 is 0 Å². The minimum absolute atomic E-state index is 0.0421. The van der Waals surface area contributed by atoms with E-state index in [0.29, 0.717) is 5.82 Å². The molecule has 0 aliphatic carbocycles. The van der Waals surface area contributed by atoms with Crippen molar-refractivity contribution in [2.24, 2.45) is 0 Å². The lowest BCUT2D eigenvalue weighted by Gasteiger charge is -2.13. The summed E-state index contributed by atoms with van der Waals surface area (Å²) in [6.07, 6.45) is 0. The Hall–Kier alpha value is -2.95. The van der Waals surface area contributed by atoms with Crippen molar-refractivity contribution in [1.29, 1.82) is 0 Å². The molecule has 3 rings (SSSR count). The number of aryl methyl sites for hydroxylation is 1. The molecule has 0 unspecified atom stereocenters. The molecule has 5 nitrogen and oxygen atoms in total. The number of nitrogens with one attached hydrogen (secondary N) is 2. The number of anilines is 1. The van der Waals surface area contributed by atoms with Crippen LogP contribution in [0.15, 0.2) is 54.6 Å². The van der Waals surface area contributed by atoms with Crippen molar-refractivity contribution in [3.05, 3.63) is 66.0 Å². The zero-order chi connectivity index (χ0) is 16.2. The van der Waals surface area contributed by atoms with Crippen LogP contribution in [-0.4, -0.2) is 21.1 Å². The normalized spacial score (nSPS) is 11.9. The number of hydrogen-bond donors (Lipinski definition) is 2. The first-order chi connectivity index (χ1) is 11.1. The number of rotatable bonds is 4. The van der Waals surface area contributed by atoms with Crippen molar-refractivity contribution in [2.75, 3.05) is 5.32 Å². The van der Waals surface area contributed by atoms with Gasteiger partial charge in [0.15, 0.2) is 5.82 Å². The largest absolute Gasteiger partial charge is 0.326 e. The van der Waals surface area contributed by atoms with Gasteiger partial charge in [0, 0.05) is 11.3 Å². The number of amides is 1. The summed E-state index contributed by atoms with van der Waals surface area (Å²) in [4.78, 5) is 16.7. The number of nitrogens with zero attached hydrogens (tertiary/aromatic N) is 2. The maximum absolute atomic E-state index is 12.4. The molecule has 1 aromatic heterocycles. The second-order valence-corrected chi connectivity index (χ2v) is 5.45. The fourth-order valence-corrected chi connectivity index (χ4v) is 2.35. The van der Waals surface area contributed by atoms with Crippen molar-refractivity contribution in [3.8, 4) is 11.4 Å². The molecule has 116 valence electrons. The maximum Gasteiger partial charge on any atom is 0.231 e. The Labute approximate surface area is 134 Å². The molecule has 1 atom stereocenters. The standard InChI is InChI=1S/C18H18N4O/c1-12(14-7-4-3-5-8-14)18(23)20-16-10-6-9-15(11-16)17-19-13(2)21-22-17/h3-12H,1-2H3,(H,20,23)(H,19,21,22)/t12-/m1/s1. The zero-order valence-electron chi connectivity index (χ0n) is 13.1. The molecular formula is C18H18N4O. The van der Waals surface area contributed by atoms with Gasteiger partial charge in [-0.15, -0.1) is 0 Å². The number of benzene rings is 2. The van der Waals surface area contributed by atoms with Gasteiger partial charge >= 0.3 is 0 Å². The van der Waals surface area contributed by atoms with Crippen LogP contribution in [0, 0.1) is 6.92 Å². The highest BCUT2D eigenvalue weighted by Gasteiger charge is 2.15. The Bertz CT molecular complexity index is 811. The van der Waals surface area contributed by atoms with E-state index in [0.717, 1.165) is 22.6 Å². The van der Waals surface area contributed by atoms with Gasteiger partial charge in [-0.25, -0.2) is 4.98 Å². The Morgan fingerprint density at radius 3 is 2.61 bits per heavy atom. The van der Waals surface area contributed by atoms with Crippen molar-refractivity contribution >= 4 is 11.6 Å². The van der Waals surface area contributed by atoms with E-state index in [1.165, 1.54) is 0 Å². The van der Waals surface area contributed by atoms with Crippen LogP contribution in [0.4, 0.5) is 5.69 Å². The maximum atomic E-state index is 12.4. The van der Waals surface area contributed by atoms with E-state index < -0.39 is 0 Å². The average Bonchev–Trinajstić information content (AvgIpc) is 3.02. The average molecular weight is 306 g/mol. The van der Waals surface area contributed by atoms with E-state index in [-0.39, 0.29) is 11.8 Å². The van der Waals surface area contributed by atoms with E-state index in [1.54, 1.807) is 0 Å². The molecule has 2 N–H and O–H groups in total.